The van der Waals surface area contributed by atoms with Gasteiger partial charge in [-0.1, -0.05) is 0 Å². The molecule has 2 bridgehead atoms. The van der Waals surface area contributed by atoms with Crippen LogP contribution in [0, 0.1) is 23.7 Å². The van der Waals surface area contributed by atoms with Crippen LogP contribution in [0.15, 0.2) is 0 Å². The number of epoxide rings is 1. The molecule has 0 N–H and O–H groups in total. The Labute approximate surface area is 168 Å². The Kier molecular flexibility index (Phi) is 5.04. The summed E-state index contributed by atoms with van der Waals surface area (Å²) in [5.41, 5.74) is 0. The molecule has 1 saturated heterocycles. The first-order valence-corrected chi connectivity index (χ1v) is 10.0. The van der Waals surface area contributed by atoms with E-state index in [0.29, 0.717) is 0 Å². The van der Waals surface area contributed by atoms with Gasteiger partial charge in [-0.2, -0.15) is 0 Å². The Balaban J connectivity index is 1.79. The molecule has 5 rings (SSSR count). The van der Waals surface area contributed by atoms with Gasteiger partial charge in [0.1, 0.15) is 12.2 Å². The van der Waals surface area contributed by atoms with E-state index in [1.807, 2.05) is 0 Å². The summed E-state index contributed by atoms with van der Waals surface area (Å²) >= 11 is 0. The van der Waals surface area contributed by atoms with E-state index in [9.17, 15) is 19.2 Å². The molecular weight excluding hydrogens is 384 g/mol. The molecule has 0 amide bonds. The van der Waals surface area contributed by atoms with Crippen LogP contribution in [0.1, 0.15) is 40.5 Å². The zero-order valence-corrected chi connectivity index (χ0v) is 16.9. The predicted octanol–water partition coefficient (Wildman–Crippen LogP) is 0.766. The number of hydrogen-bond acceptors (Lipinski definition) is 9. The lowest BCUT2D eigenvalue weighted by Crippen LogP contribution is -2.68. The fourth-order valence-corrected chi connectivity index (χ4v) is 6.00. The third-order valence-corrected chi connectivity index (χ3v) is 6.61. The van der Waals surface area contributed by atoms with Crippen molar-refractivity contribution >= 4 is 23.9 Å². The highest BCUT2D eigenvalue weighted by molar-refractivity contribution is 5.69. The second-order valence-electron chi connectivity index (χ2n) is 8.42. The number of hydrogen-bond donors (Lipinski definition) is 0. The summed E-state index contributed by atoms with van der Waals surface area (Å²) in [5.74, 6) is -2.51. The molecule has 0 spiro atoms. The molecule has 10 atom stereocenters. The molecule has 5 aliphatic rings. The van der Waals surface area contributed by atoms with Crippen LogP contribution in [0.4, 0.5) is 0 Å². The van der Waals surface area contributed by atoms with E-state index < -0.39 is 48.3 Å². The zero-order valence-electron chi connectivity index (χ0n) is 16.9. The van der Waals surface area contributed by atoms with E-state index in [1.165, 1.54) is 27.7 Å². The van der Waals surface area contributed by atoms with Gasteiger partial charge in [-0.25, -0.2) is 0 Å². The van der Waals surface area contributed by atoms with E-state index in [4.69, 9.17) is 23.7 Å². The van der Waals surface area contributed by atoms with Gasteiger partial charge in [0.15, 0.2) is 12.2 Å². The molecule has 1 heterocycles. The van der Waals surface area contributed by atoms with Crippen LogP contribution < -0.4 is 0 Å². The van der Waals surface area contributed by atoms with Gasteiger partial charge in [0.05, 0.1) is 12.2 Å². The van der Waals surface area contributed by atoms with Crippen molar-refractivity contribution in [3.05, 3.63) is 0 Å². The third kappa shape index (κ3) is 3.49. The maximum Gasteiger partial charge on any atom is 0.303 e. The average Bonchev–Trinajstić information content (AvgIpc) is 3.41. The number of carbonyl (C=O) groups excluding carboxylic acids is 4. The topological polar surface area (TPSA) is 118 Å². The van der Waals surface area contributed by atoms with Crippen LogP contribution in [0.5, 0.6) is 0 Å². The largest absolute Gasteiger partial charge is 0.458 e. The minimum atomic E-state index is -1.07. The first kappa shape index (κ1) is 20.1. The number of rotatable bonds is 4. The lowest BCUT2D eigenvalue weighted by atomic mass is 9.52. The van der Waals surface area contributed by atoms with Crippen LogP contribution >= 0.6 is 0 Å². The summed E-state index contributed by atoms with van der Waals surface area (Å²) < 4.78 is 28.2. The number of fused-ring (bicyclic) bond motifs is 1. The molecule has 0 radical (unpaired) electrons. The minimum absolute atomic E-state index is 0.0780. The second-order valence-corrected chi connectivity index (χ2v) is 8.42. The molecule has 9 heteroatoms. The highest BCUT2D eigenvalue weighted by Gasteiger charge is 2.71. The Morgan fingerprint density at radius 3 is 1.21 bits per heavy atom. The highest BCUT2D eigenvalue weighted by Crippen LogP contribution is 2.62. The van der Waals surface area contributed by atoms with Crippen molar-refractivity contribution in [1.29, 1.82) is 0 Å². The average molecular weight is 410 g/mol. The molecule has 0 aromatic carbocycles. The van der Waals surface area contributed by atoms with Crippen molar-refractivity contribution in [3.63, 3.8) is 0 Å². The fourth-order valence-electron chi connectivity index (χ4n) is 6.00. The van der Waals surface area contributed by atoms with E-state index in [1.54, 1.807) is 0 Å². The van der Waals surface area contributed by atoms with E-state index in [2.05, 4.69) is 0 Å². The molecule has 29 heavy (non-hydrogen) atoms. The van der Waals surface area contributed by atoms with Crippen molar-refractivity contribution in [2.75, 3.05) is 0 Å². The van der Waals surface area contributed by atoms with Gasteiger partial charge in [-0.15, -0.1) is 0 Å². The molecule has 4 aliphatic carbocycles. The lowest BCUT2D eigenvalue weighted by Gasteiger charge is -2.56. The zero-order chi connectivity index (χ0) is 21.0. The van der Waals surface area contributed by atoms with Gasteiger partial charge in [0, 0.05) is 39.5 Å². The van der Waals surface area contributed by atoms with E-state index >= 15 is 0 Å². The lowest BCUT2D eigenvalue weighted by molar-refractivity contribution is -0.249. The number of ether oxygens (including phenoxy) is 5. The smallest absolute Gasteiger partial charge is 0.303 e. The standard InChI is InChI=1S/C20H26O9/c1-7(21)25-17-13-11-5-6-12(16-15(11)29-16)14(13)18(26-8(2)22)20(28-10(4)24)19(17)27-9(3)23/h11-20H,5-6H2,1-4H3. The second kappa shape index (κ2) is 7.27. The third-order valence-electron chi connectivity index (χ3n) is 6.61. The Hall–Kier alpha value is -2.16. The maximum absolute atomic E-state index is 11.9. The maximum atomic E-state index is 11.9. The molecule has 5 fully saturated rings. The Morgan fingerprint density at radius 1 is 0.586 bits per heavy atom. The minimum Gasteiger partial charge on any atom is -0.458 e. The summed E-state index contributed by atoms with van der Waals surface area (Å²) in [6.07, 6.45) is -1.81. The van der Waals surface area contributed by atoms with Crippen molar-refractivity contribution in [2.45, 2.75) is 77.2 Å². The summed E-state index contributed by atoms with van der Waals surface area (Å²) in [6.45, 7) is 5.04. The molecule has 9 nitrogen and oxygen atoms in total. The number of carbonyl (C=O) groups is 4. The SMILES string of the molecule is CC(=O)OC1C(OC(C)=O)C(OC(C)=O)C2C3CCC(C4OC34)C2C1OC(C)=O. The number of esters is 4. The van der Waals surface area contributed by atoms with Crippen LogP contribution in [-0.2, 0) is 42.9 Å². The van der Waals surface area contributed by atoms with E-state index in [0.717, 1.165) is 12.8 Å². The molecule has 160 valence electrons. The van der Waals surface area contributed by atoms with Gasteiger partial charge in [0.2, 0.25) is 0 Å². The molecule has 0 aromatic rings. The van der Waals surface area contributed by atoms with Crippen LogP contribution in [0.2, 0.25) is 0 Å². The van der Waals surface area contributed by atoms with Crippen molar-refractivity contribution in [2.24, 2.45) is 23.7 Å². The van der Waals surface area contributed by atoms with Crippen LogP contribution in [-0.4, -0.2) is 60.5 Å². The molecule has 0 aromatic heterocycles. The van der Waals surface area contributed by atoms with Gasteiger partial charge >= 0.3 is 23.9 Å². The normalized spacial score (nSPS) is 44.0. The van der Waals surface area contributed by atoms with Crippen molar-refractivity contribution in [3.8, 4) is 0 Å². The van der Waals surface area contributed by atoms with Crippen LogP contribution in [0.3, 0.4) is 0 Å². The summed E-state index contributed by atoms with van der Waals surface area (Å²) in [7, 11) is 0. The fraction of sp³-hybridized carbons (Fsp3) is 0.800. The molecule has 1 aliphatic heterocycles. The van der Waals surface area contributed by atoms with E-state index in [-0.39, 0.29) is 35.9 Å². The highest BCUT2D eigenvalue weighted by atomic mass is 16.6. The Bertz CT molecular complexity index is 673. The first-order chi connectivity index (χ1) is 13.7. The molecule has 4 saturated carbocycles. The molecular formula is C20H26O9. The first-order valence-electron chi connectivity index (χ1n) is 10.0. The quantitative estimate of drug-likeness (QED) is 0.376. The molecule has 10 unspecified atom stereocenters. The van der Waals surface area contributed by atoms with Gasteiger partial charge in [-0.3, -0.25) is 19.2 Å². The summed E-state index contributed by atoms with van der Waals surface area (Å²) in [4.78, 5) is 47.6. The predicted molar refractivity (Wildman–Crippen MR) is 94.1 cm³/mol. The van der Waals surface area contributed by atoms with Crippen molar-refractivity contribution < 1.29 is 42.9 Å². The van der Waals surface area contributed by atoms with Gasteiger partial charge in [0.25, 0.3) is 0 Å². The van der Waals surface area contributed by atoms with Gasteiger partial charge < -0.3 is 23.7 Å². The van der Waals surface area contributed by atoms with Crippen molar-refractivity contribution in [1.82, 2.24) is 0 Å². The summed E-state index contributed by atoms with van der Waals surface area (Å²) in [5, 5.41) is 0. The van der Waals surface area contributed by atoms with Gasteiger partial charge in [-0.05, 0) is 24.7 Å². The monoisotopic (exact) mass is 410 g/mol. The Morgan fingerprint density at radius 2 is 0.897 bits per heavy atom. The van der Waals surface area contributed by atoms with Crippen LogP contribution in [0.25, 0.3) is 0 Å². The summed E-state index contributed by atoms with van der Waals surface area (Å²) in [6, 6.07) is 0.